The number of aryl methyl sites for hydroxylation is 1. The molecule has 0 saturated carbocycles. The van der Waals surface area contributed by atoms with E-state index in [0.717, 1.165) is 16.8 Å². The number of amides is 1. The predicted molar refractivity (Wildman–Crippen MR) is 107 cm³/mol. The van der Waals surface area contributed by atoms with Crippen molar-refractivity contribution in [2.75, 3.05) is 30.9 Å². The molecule has 0 spiro atoms. The number of benzene rings is 2. The minimum Gasteiger partial charge on any atom is -0.484 e. The standard InChI is InChI=1S/C21H24N4O2/c1-16-5-4-6-19(13-16)27-15-21(26)23-20-11-12-22-25(20)14-17-7-9-18(10-8-17)24(2)3/h4-13H,14-15H2,1-3H3,(H,23,26). The van der Waals surface area contributed by atoms with E-state index in [4.69, 9.17) is 4.74 Å². The molecule has 0 saturated heterocycles. The Morgan fingerprint density at radius 2 is 1.93 bits per heavy atom. The molecule has 3 rings (SSSR count). The first-order valence-electron chi connectivity index (χ1n) is 8.78. The summed E-state index contributed by atoms with van der Waals surface area (Å²) in [5, 5.41) is 7.16. The highest BCUT2D eigenvalue weighted by atomic mass is 16.5. The molecule has 0 atom stereocenters. The number of anilines is 2. The molecular formula is C21H24N4O2. The zero-order valence-corrected chi connectivity index (χ0v) is 15.8. The van der Waals surface area contributed by atoms with Gasteiger partial charge in [0.15, 0.2) is 6.61 Å². The van der Waals surface area contributed by atoms with Crippen LogP contribution in [0, 0.1) is 6.92 Å². The van der Waals surface area contributed by atoms with Crippen LogP contribution in [0.15, 0.2) is 60.8 Å². The highest BCUT2D eigenvalue weighted by Gasteiger charge is 2.09. The van der Waals surface area contributed by atoms with Crippen LogP contribution in [0.4, 0.5) is 11.5 Å². The molecule has 1 heterocycles. The summed E-state index contributed by atoms with van der Waals surface area (Å²) in [5.41, 5.74) is 3.34. The van der Waals surface area contributed by atoms with Crippen LogP contribution in [0.5, 0.6) is 5.75 Å². The van der Waals surface area contributed by atoms with Crippen molar-refractivity contribution in [3.8, 4) is 5.75 Å². The predicted octanol–water partition coefficient (Wildman–Crippen LogP) is 3.32. The summed E-state index contributed by atoms with van der Waals surface area (Å²) in [6, 6.07) is 17.6. The molecule has 1 aromatic heterocycles. The highest BCUT2D eigenvalue weighted by molar-refractivity contribution is 5.91. The van der Waals surface area contributed by atoms with E-state index in [1.54, 1.807) is 16.9 Å². The van der Waals surface area contributed by atoms with Crippen molar-refractivity contribution >= 4 is 17.4 Å². The summed E-state index contributed by atoms with van der Waals surface area (Å²) >= 11 is 0. The van der Waals surface area contributed by atoms with E-state index in [9.17, 15) is 4.79 Å². The van der Waals surface area contributed by atoms with Gasteiger partial charge >= 0.3 is 0 Å². The van der Waals surface area contributed by atoms with Gasteiger partial charge < -0.3 is 15.0 Å². The molecule has 6 heteroatoms. The van der Waals surface area contributed by atoms with Crippen molar-refractivity contribution in [1.82, 2.24) is 9.78 Å². The van der Waals surface area contributed by atoms with Gasteiger partial charge in [0, 0.05) is 25.8 Å². The van der Waals surface area contributed by atoms with E-state index >= 15 is 0 Å². The van der Waals surface area contributed by atoms with Crippen molar-refractivity contribution in [1.29, 1.82) is 0 Å². The lowest BCUT2D eigenvalue weighted by Gasteiger charge is -2.13. The first kappa shape index (κ1) is 18.5. The zero-order valence-electron chi connectivity index (χ0n) is 15.8. The second-order valence-corrected chi connectivity index (χ2v) is 6.59. The second-order valence-electron chi connectivity index (χ2n) is 6.59. The van der Waals surface area contributed by atoms with E-state index < -0.39 is 0 Å². The van der Waals surface area contributed by atoms with Crippen molar-refractivity contribution in [3.63, 3.8) is 0 Å². The molecular weight excluding hydrogens is 340 g/mol. The van der Waals surface area contributed by atoms with Crippen LogP contribution in [0.25, 0.3) is 0 Å². The fourth-order valence-corrected chi connectivity index (χ4v) is 2.67. The average Bonchev–Trinajstić information content (AvgIpc) is 3.07. The molecule has 0 aliphatic heterocycles. The lowest BCUT2D eigenvalue weighted by Crippen LogP contribution is -2.22. The number of nitrogens with one attached hydrogen (secondary N) is 1. The summed E-state index contributed by atoms with van der Waals surface area (Å²) in [6.07, 6.45) is 1.67. The van der Waals surface area contributed by atoms with Gasteiger partial charge in [-0.2, -0.15) is 5.10 Å². The van der Waals surface area contributed by atoms with Gasteiger partial charge in [0.1, 0.15) is 11.6 Å². The van der Waals surface area contributed by atoms with Crippen LogP contribution < -0.4 is 15.0 Å². The minimum absolute atomic E-state index is 0.0494. The number of nitrogens with zero attached hydrogens (tertiary/aromatic N) is 3. The van der Waals surface area contributed by atoms with Gasteiger partial charge in [0.05, 0.1) is 12.7 Å². The van der Waals surface area contributed by atoms with E-state index in [0.29, 0.717) is 18.1 Å². The quantitative estimate of drug-likeness (QED) is 0.699. The van der Waals surface area contributed by atoms with Crippen LogP contribution in [-0.2, 0) is 11.3 Å². The number of aromatic nitrogens is 2. The third kappa shape index (κ3) is 5.10. The number of carbonyl (C=O) groups is 1. The summed E-state index contributed by atoms with van der Waals surface area (Å²) in [7, 11) is 4.02. The van der Waals surface area contributed by atoms with Crippen molar-refractivity contribution in [3.05, 3.63) is 71.9 Å². The van der Waals surface area contributed by atoms with Gasteiger partial charge in [0.25, 0.3) is 5.91 Å². The van der Waals surface area contributed by atoms with Crippen LogP contribution >= 0.6 is 0 Å². The lowest BCUT2D eigenvalue weighted by atomic mass is 10.2. The molecule has 0 aliphatic rings. The van der Waals surface area contributed by atoms with Gasteiger partial charge in [-0.15, -0.1) is 0 Å². The third-order valence-corrected chi connectivity index (χ3v) is 4.13. The molecule has 1 N–H and O–H groups in total. The second kappa shape index (κ2) is 8.40. The third-order valence-electron chi connectivity index (χ3n) is 4.13. The molecule has 0 aliphatic carbocycles. The maximum atomic E-state index is 12.2. The molecule has 140 valence electrons. The van der Waals surface area contributed by atoms with Gasteiger partial charge in [-0.05, 0) is 42.3 Å². The molecule has 6 nitrogen and oxygen atoms in total. The van der Waals surface area contributed by atoms with E-state index in [1.807, 2.05) is 45.3 Å². The Hall–Kier alpha value is -3.28. The Morgan fingerprint density at radius 1 is 1.15 bits per heavy atom. The van der Waals surface area contributed by atoms with Gasteiger partial charge in [-0.3, -0.25) is 4.79 Å². The average molecular weight is 364 g/mol. The molecule has 0 radical (unpaired) electrons. The van der Waals surface area contributed by atoms with Gasteiger partial charge in [0.2, 0.25) is 0 Å². The number of rotatable bonds is 7. The molecule has 1 amide bonds. The smallest absolute Gasteiger partial charge is 0.263 e. The Balaban J connectivity index is 1.58. The fourth-order valence-electron chi connectivity index (χ4n) is 2.67. The Morgan fingerprint density at radius 3 is 2.63 bits per heavy atom. The minimum atomic E-state index is -0.221. The first-order valence-corrected chi connectivity index (χ1v) is 8.78. The molecule has 0 fully saturated rings. The van der Waals surface area contributed by atoms with Crippen LogP contribution in [0.1, 0.15) is 11.1 Å². The van der Waals surface area contributed by atoms with Crippen molar-refractivity contribution < 1.29 is 9.53 Å². The molecule has 0 bridgehead atoms. The first-order chi connectivity index (χ1) is 13.0. The molecule has 27 heavy (non-hydrogen) atoms. The van der Waals surface area contributed by atoms with Crippen molar-refractivity contribution in [2.24, 2.45) is 0 Å². The Bertz CT molecular complexity index is 901. The Labute approximate surface area is 159 Å². The number of hydrogen-bond acceptors (Lipinski definition) is 4. The summed E-state index contributed by atoms with van der Waals surface area (Å²) < 4.78 is 7.30. The summed E-state index contributed by atoms with van der Waals surface area (Å²) in [4.78, 5) is 14.3. The SMILES string of the molecule is Cc1cccc(OCC(=O)Nc2ccnn2Cc2ccc(N(C)C)cc2)c1. The van der Waals surface area contributed by atoms with E-state index in [1.165, 1.54) is 0 Å². The van der Waals surface area contributed by atoms with Crippen LogP contribution in [0.2, 0.25) is 0 Å². The zero-order chi connectivity index (χ0) is 19.2. The highest BCUT2D eigenvalue weighted by Crippen LogP contribution is 2.16. The number of carbonyl (C=O) groups excluding carboxylic acids is 1. The van der Waals surface area contributed by atoms with Crippen LogP contribution in [0.3, 0.4) is 0 Å². The Kier molecular flexibility index (Phi) is 5.76. The molecule has 2 aromatic carbocycles. The maximum Gasteiger partial charge on any atom is 0.263 e. The number of hydrogen-bond donors (Lipinski definition) is 1. The van der Waals surface area contributed by atoms with Gasteiger partial charge in [-0.25, -0.2) is 4.68 Å². The largest absolute Gasteiger partial charge is 0.484 e. The van der Waals surface area contributed by atoms with Crippen molar-refractivity contribution in [2.45, 2.75) is 13.5 Å². The van der Waals surface area contributed by atoms with Gasteiger partial charge in [-0.1, -0.05) is 24.3 Å². The molecule has 3 aromatic rings. The summed E-state index contributed by atoms with van der Waals surface area (Å²) in [5.74, 6) is 1.10. The molecule has 0 unspecified atom stereocenters. The van der Waals surface area contributed by atoms with Crippen LogP contribution in [-0.4, -0.2) is 36.4 Å². The number of ether oxygens (including phenoxy) is 1. The monoisotopic (exact) mass is 364 g/mol. The fraction of sp³-hybridized carbons (Fsp3) is 0.238. The normalized spacial score (nSPS) is 10.5. The summed E-state index contributed by atoms with van der Waals surface area (Å²) in [6.45, 7) is 2.51. The van der Waals surface area contributed by atoms with E-state index in [2.05, 4.69) is 39.6 Å². The maximum absolute atomic E-state index is 12.2. The topological polar surface area (TPSA) is 59.4 Å². The van der Waals surface area contributed by atoms with E-state index in [-0.39, 0.29) is 12.5 Å². The lowest BCUT2D eigenvalue weighted by molar-refractivity contribution is -0.118.